The van der Waals surface area contributed by atoms with Crippen molar-refractivity contribution in [3.63, 3.8) is 0 Å². The maximum atomic E-state index is 5.95. The summed E-state index contributed by atoms with van der Waals surface area (Å²) in [4.78, 5) is 0. The average molecular weight is 284 g/mol. The highest BCUT2D eigenvalue weighted by molar-refractivity contribution is 14.1. The van der Waals surface area contributed by atoms with Gasteiger partial charge in [-0.15, -0.1) is 9.24 Å². The van der Waals surface area contributed by atoms with Crippen molar-refractivity contribution >= 4 is 40.1 Å². The van der Waals surface area contributed by atoms with Crippen LogP contribution in [0, 0.1) is 5.41 Å². The first-order valence-corrected chi connectivity index (χ1v) is 5.04. The van der Waals surface area contributed by atoms with Crippen LogP contribution < -0.4 is 0 Å². The van der Waals surface area contributed by atoms with Crippen molar-refractivity contribution in [1.82, 2.24) is 0 Å². The van der Waals surface area contributed by atoms with Crippen LogP contribution in [-0.2, 0) is 3.07 Å². The van der Waals surface area contributed by atoms with E-state index in [-0.39, 0.29) is 10.5 Å². The SMILES string of the molecule is [B]C(P)(COI)CC(C)(C)C. The zero-order chi connectivity index (χ0) is 9.12. The van der Waals surface area contributed by atoms with Gasteiger partial charge in [-0.05, 0) is 16.9 Å². The van der Waals surface area contributed by atoms with Crippen LogP contribution in [0.15, 0.2) is 0 Å². The Morgan fingerprint density at radius 3 is 2.18 bits per heavy atom. The summed E-state index contributed by atoms with van der Waals surface area (Å²) in [6.45, 7) is 7.10. The molecule has 0 aromatic rings. The lowest BCUT2D eigenvalue weighted by Gasteiger charge is -2.31. The van der Waals surface area contributed by atoms with Crippen molar-refractivity contribution < 1.29 is 3.07 Å². The molecular formula is C7H15BIOP. The molecular weight excluding hydrogens is 269 g/mol. The molecule has 2 atom stereocenters. The van der Waals surface area contributed by atoms with Crippen LogP contribution in [0.1, 0.15) is 27.2 Å². The maximum absolute atomic E-state index is 5.95. The molecule has 2 unspecified atom stereocenters. The lowest BCUT2D eigenvalue weighted by atomic mass is 9.74. The summed E-state index contributed by atoms with van der Waals surface area (Å²) in [5.74, 6) is 0. The molecule has 0 fully saturated rings. The van der Waals surface area contributed by atoms with E-state index in [2.05, 4.69) is 30.0 Å². The van der Waals surface area contributed by atoms with Gasteiger partial charge in [0.05, 0.1) is 14.5 Å². The molecule has 0 aliphatic carbocycles. The molecule has 0 rings (SSSR count). The normalized spacial score (nSPS) is 17.9. The van der Waals surface area contributed by atoms with Crippen molar-refractivity contribution in [2.24, 2.45) is 5.41 Å². The fourth-order valence-electron chi connectivity index (χ4n) is 1.14. The van der Waals surface area contributed by atoms with E-state index in [0.717, 1.165) is 6.42 Å². The minimum absolute atomic E-state index is 0.256. The molecule has 0 heterocycles. The van der Waals surface area contributed by atoms with E-state index < -0.39 is 0 Å². The van der Waals surface area contributed by atoms with Gasteiger partial charge in [0, 0.05) is 0 Å². The van der Waals surface area contributed by atoms with Crippen LogP contribution in [0.25, 0.3) is 0 Å². The summed E-state index contributed by atoms with van der Waals surface area (Å²) >= 11 is 1.87. The first kappa shape index (κ1) is 12.2. The van der Waals surface area contributed by atoms with Crippen LogP contribution in [0.3, 0.4) is 0 Å². The highest BCUT2D eigenvalue weighted by Gasteiger charge is 2.25. The molecule has 0 spiro atoms. The standard InChI is InChI=1S/C7H15BIOP/c1-6(2,3)4-7(8,11)5-10-9/h4-5,11H2,1-3H3. The zero-order valence-electron chi connectivity index (χ0n) is 7.36. The van der Waals surface area contributed by atoms with E-state index in [1.54, 1.807) is 0 Å². The van der Waals surface area contributed by atoms with Gasteiger partial charge in [0.1, 0.15) is 23.0 Å². The molecule has 4 heteroatoms. The zero-order valence-corrected chi connectivity index (χ0v) is 10.7. The number of hydrogen-bond acceptors (Lipinski definition) is 1. The van der Waals surface area contributed by atoms with Crippen molar-refractivity contribution in [3.8, 4) is 0 Å². The molecule has 0 aromatic carbocycles. The Hall–Kier alpha value is 1.18. The summed E-state index contributed by atoms with van der Waals surface area (Å²) < 4.78 is 4.98. The topological polar surface area (TPSA) is 9.23 Å². The molecule has 2 radical (unpaired) electrons. The Morgan fingerprint density at radius 2 is 1.91 bits per heavy atom. The predicted molar refractivity (Wildman–Crippen MR) is 62.2 cm³/mol. The van der Waals surface area contributed by atoms with Gasteiger partial charge < -0.3 is 3.07 Å². The number of hydrogen-bond donors (Lipinski definition) is 0. The van der Waals surface area contributed by atoms with Crippen LogP contribution in [0.2, 0.25) is 0 Å². The van der Waals surface area contributed by atoms with Gasteiger partial charge in [-0.1, -0.05) is 20.8 Å². The summed E-state index contributed by atoms with van der Waals surface area (Å²) in [5.41, 5.74) is 0.256. The van der Waals surface area contributed by atoms with E-state index in [1.165, 1.54) is 0 Å². The average Bonchev–Trinajstić information content (AvgIpc) is 1.55. The number of rotatable bonds is 3. The minimum atomic E-state index is -0.278. The number of halogens is 1. The third-order valence-corrected chi connectivity index (χ3v) is 1.86. The van der Waals surface area contributed by atoms with E-state index >= 15 is 0 Å². The van der Waals surface area contributed by atoms with Crippen LogP contribution in [0.5, 0.6) is 0 Å². The largest absolute Gasteiger partial charge is 0.316 e. The van der Waals surface area contributed by atoms with Crippen molar-refractivity contribution in [2.45, 2.75) is 32.2 Å². The van der Waals surface area contributed by atoms with E-state index in [4.69, 9.17) is 10.9 Å². The van der Waals surface area contributed by atoms with Crippen molar-refractivity contribution in [3.05, 3.63) is 0 Å². The Balaban J connectivity index is 3.91. The maximum Gasteiger partial charge on any atom is 0.109 e. The fraction of sp³-hybridized carbons (Fsp3) is 1.00. The molecule has 0 bridgehead atoms. The summed E-state index contributed by atoms with van der Waals surface area (Å²) in [6.07, 6.45) is 0.938. The second kappa shape index (κ2) is 4.43. The first-order valence-electron chi connectivity index (χ1n) is 3.58. The molecule has 0 aliphatic heterocycles. The van der Waals surface area contributed by atoms with Gasteiger partial charge in [-0.3, -0.25) is 0 Å². The van der Waals surface area contributed by atoms with Gasteiger partial charge >= 0.3 is 0 Å². The third kappa shape index (κ3) is 7.54. The molecule has 0 amide bonds. The second-order valence-corrected chi connectivity index (χ2v) is 6.00. The second-order valence-electron chi connectivity index (χ2n) is 4.22. The van der Waals surface area contributed by atoms with E-state index in [0.29, 0.717) is 6.61 Å². The van der Waals surface area contributed by atoms with Gasteiger partial charge in [-0.2, -0.15) is 0 Å². The fourth-order valence-corrected chi connectivity index (χ4v) is 2.75. The van der Waals surface area contributed by atoms with Gasteiger partial charge in [0.25, 0.3) is 0 Å². The third-order valence-electron chi connectivity index (χ3n) is 1.18. The molecule has 64 valence electrons. The van der Waals surface area contributed by atoms with Gasteiger partial charge in [0.2, 0.25) is 0 Å². The van der Waals surface area contributed by atoms with Crippen LogP contribution in [-0.4, -0.2) is 19.5 Å². The molecule has 11 heavy (non-hydrogen) atoms. The Morgan fingerprint density at radius 1 is 1.45 bits per heavy atom. The molecule has 0 aromatic heterocycles. The Kier molecular flexibility index (Phi) is 4.91. The van der Waals surface area contributed by atoms with Gasteiger partial charge in [0.15, 0.2) is 0 Å². The van der Waals surface area contributed by atoms with E-state index in [1.807, 2.05) is 23.0 Å². The molecule has 0 saturated carbocycles. The smallest absolute Gasteiger partial charge is 0.109 e. The lowest BCUT2D eigenvalue weighted by Crippen LogP contribution is -2.31. The van der Waals surface area contributed by atoms with Crippen molar-refractivity contribution in [1.29, 1.82) is 0 Å². The molecule has 0 N–H and O–H groups in total. The van der Waals surface area contributed by atoms with Crippen LogP contribution in [0.4, 0.5) is 0 Å². The predicted octanol–water partition coefficient (Wildman–Crippen LogP) is 2.53. The highest BCUT2D eigenvalue weighted by Crippen LogP contribution is 2.31. The molecule has 0 aliphatic rings. The first-order chi connectivity index (χ1) is 4.77. The molecule has 0 saturated heterocycles. The Labute approximate surface area is 87.3 Å². The highest BCUT2D eigenvalue weighted by atomic mass is 127. The van der Waals surface area contributed by atoms with Crippen LogP contribution >= 0.6 is 32.2 Å². The molecule has 1 nitrogen and oxygen atoms in total. The summed E-state index contributed by atoms with van der Waals surface area (Å²) in [7, 11) is 8.59. The Bertz CT molecular complexity index is 122. The quantitative estimate of drug-likeness (QED) is 0.439. The van der Waals surface area contributed by atoms with E-state index in [9.17, 15) is 0 Å². The minimum Gasteiger partial charge on any atom is -0.316 e. The lowest BCUT2D eigenvalue weighted by molar-refractivity contribution is 0.306. The van der Waals surface area contributed by atoms with Crippen molar-refractivity contribution in [2.75, 3.05) is 6.61 Å². The van der Waals surface area contributed by atoms with Gasteiger partial charge in [-0.25, -0.2) is 0 Å². The monoisotopic (exact) mass is 284 g/mol. The summed E-state index contributed by atoms with van der Waals surface area (Å²) in [5, 5.41) is -0.278. The summed E-state index contributed by atoms with van der Waals surface area (Å²) in [6, 6.07) is 0.